The normalized spacial score (nSPS) is 13.1. The molecule has 2 aromatic rings. The van der Waals surface area contributed by atoms with Gasteiger partial charge in [0.25, 0.3) is 0 Å². The smallest absolute Gasteiger partial charge is 0.0403 e. The van der Waals surface area contributed by atoms with Crippen molar-refractivity contribution in [3.05, 3.63) is 70.8 Å². The lowest BCUT2D eigenvalue weighted by Gasteiger charge is -2.11. The van der Waals surface area contributed by atoms with E-state index in [1.54, 1.807) is 0 Å². The molecular formula is C17H17N. The van der Waals surface area contributed by atoms with Gasteiger partial charge in [-0.2, -0.15) is 0 Å². The average molecular weight is 235 g/mol. The summed E-state index contributed by atoms with van der Waals surface area (Å²) in [6.45, 7) is 3.10. The average Bonchev–Trinajstić information content (AvgIpc) is 2.78. The van der Waals surface area contributed by atoms with Gasteiger partial charge in [-0.15, -0.1) is 0 Å². The SMILES string of the molecule is CC1=Cc2cccc(CNc3ccccc3)c2C1. The summed E-state index contributed by atoms with van der Waals surface area (Å²) in [4.78, 5) is 0. The van der Waals surface area contributed by atoms with Crippen molar-refractivity contribution in [1.29, 1.82) is 0 Å². The standard InChI is InChI=1S/C17H17N/c1-13-10-14-6-5-7-15(17(14)11-13)12-18-16-8-3-2-4-9-16/h2-10,18H,11-12H2,1H3. The zero-order valence-corrected chi connectivity index (χ0v) is 10.6. The Bertz CT molecular complexity index is 582. The van der Waals surface area contributed by atoms with E-state index in [1.165, 1.54) is 28.0 Å². The summed E-state index contributed by atoms with van der Waals surface area (Å²) in [5, 5.41) is 3.48. The molecule has 18 heavy (non-hydrogen) atoms. The van der Waals surface area contributed by atoms with Crippen LogP contribution < -0.4 is 5.32 Å². The summed E-state index contributed by atoms with van der Waals surface area (Å²) in [7, 11) is 0. The Kier molecular flexibility index (Phi) is 2.89. The van der Waals surface area contributed by atoms with Gasteiger partial charge in [-0.1, -0.05) is 48.0 Å². The molecule has 1 heteroatoms. The summed E-state index contributed by atoms with van der Waals surface area (Å²) in [6.07, 6.45) is 3.39. The van der Waals surface area contributed by atoms with Crippen molar-refractivity contribution >= 4 is 11.8 Å². The third kappa shape index (κ3) is 2.17. The Balaban J connectivity index is 1.78. The molecule has 1 aliphatic rings. The molecule has 1 aliphatic carbocycles. The lowest BCUT2D eigenvalue weighted by Crippen LogP contribution is -2.02. The van der Waals surface area contributed by atoms with Crippen LogP contribution in [0.25, 0.3) is 6.08 Å². The van der Waals surface area contributed by atoms with E-state index in [9.17, 15) is 0 Å². The van der Waals surface area contributed by atoms with Gasteiger partial charge < -0.3 is 5.32 Å². The Morgan fingerprint density at radius 2 is 1.83 bits per heavy atom. The first-order valence-electron chi connectivity index (χ1n) is 6.40. The highest BCUT2D eigenvalue weighted by Crippen LogP contribution is 2.28. The predicted molar refractivity (Wildman–Crippen MR) is 77.6 cm³/mol. The maximum Gasteiger partial charge on any atom is 0.0403 e. The first-order chi connectivity index (χ1) is 8.83. The molecule has 0 fully saturated rings. The second-order valence-electron chi connectivity index (χ2n) is 4.87. The molecule has 0 amide bonds. The van der Waals surface area contributed by atoms with Crippen LogP contribution in [-0.2, 0) is 13.0 Å². The van der Waals surface area contributed by atoms with Crippen LogP contribution in [0.1, 0.15) is 23.6 Å². The summed E-state index contributed by atoms with van der Waals surface area (Å²) in [5.74, 6) is 0. The molecule has 0 heterocycles. The zero-order valence-electron chi connectivity index (χ0n) is 10.6. The van der Waals surface area contributed by atoms with Gasteiger partial charge in [-0.25, -0.2) is 0 Å². The number of fused-ring (bicyclic) bond motifs is 1. The van der Waals surface area contributed by atoms with E-state index in [0.29, 0.717) is 0 Å². The van der Waals surface area contributed by atoms with Crippen molar-refractivity contribution in [3.63, 3.8) is 0 Å². The number of nitrogens with one attached hydrogen (secondary N) is 1. The minimum atomic E-state index is 0.897. The third-order valence-electron chi connectivity index (χ3n) is 3.42. The topological polar surface area (TPSA) is 12.0 Å². The highest BCUT2D eigenvalue weighted by molar-refractivity contribution is 5.65. The van der Waals surface area contributed by atoms with Crippen LogP contribution in [0.2, 0.25) is 0 Å². The number of hydrogen-bond donors (Lipinski definition) is 1. The highest BCUT2D eigenvalue weighted by Gasteiger charge is 2.12. The van der Waals surface area contributed by atoms with Crippen LogP contribution in [0.3, 0.4) is 0 Å². The lowest BCUT2D eigenvalue weighted by atomic mass is 10.0. The van der Waals surface area contributed by atoms with Gasteiger partial charge >= 0.3 is 0 Å². The van der Waals surface area contributed by atoms with Gasteiger partial charge in [-0.3, -0.25) is 0 Å². The minimum Gasteiger partial charge on any atom is -0.381 e. The van der Waals surface area contributed by atoms with Crippen LogP contribution >= 0.6 is 0 Å². The van der Waals surface area contributed by atoms with E-state index in [-0.39, 0.29) is 0 Å². The quantitative estimate of drug-likeness (QED) is 0.838. The van der Waals surface area contributed by atoms with Crippen LogP contribution in [0, 0.1) is 0 Å². The fourth-order valence-electron chi connectivity index (χ4n) is 2.52. The molecule has 0 aliphatic heterocycles. The summed E-state index contributed by atoms with van der Waals surface area (Å²) >= 11 is 0. The summed E-state index contributed by atoms with van der Waals surface area (Å²) in [5.41, 5.74) is 6.91. The van der Waals surface area contributed by atoms with Gasteiger partial charge in [0.2, 0.25) is 0 Å². The highest BCUT2D eigenvalue weighted by atomic mass is 14.9. The number of allylic oxidation sites excluding steroid dienone is 1. The van der Waals surface area contributed by atoms with E-state index < -0.39 is 0 Å². The lowest BCUT2D eigenvalue weighted by molar-refractivity contribution is 1.07. The molecule has 1 N–H and O–H groups in total. The van der Waals surface area contributed by atoms with Gasteiger partial charge in [0.15, 0.2) is 0 Å². The van der Waals surface area contributed by atoms with Crippen LogP contribution in [0.4, 0.5) is 5.69 Å². The fraction of sp³-hybridized carbons (Fsp3) is 0.176. The van der Waals surface area contributed by atoms with Crippen molar-refractivity contribution in [2.24, 2.45) is 0 Å². The Labute approximate surface area is 108 Å². The van der Waals surface area contributed by atoms with Gasteiger partial charge in [0.05, 0.1) is 0 Å². The fourth-order valence-corrected chi connectivity index (χ4v) is 2.52. The minimum absolute atomic E-state index is 0.897. The Morgan fingerprint density at radius 1 is 1.00 bits per heavy atom. The van der Waals surface area contributed by atoms with Crippen molar-refractivity contribution in [2.75, 3.05) is 5.32 Å². The van der Waals surface area contributed by atoms with Gasteiger partial charge in [0.1, 0.15) is 0 Å². The van der Waals surface area contributed by atoms with Gasteiger partial charge in [0, 0.05) is 12.2 Å². The number of para-hydroxylation sites is 1. The predicted octanol–water partition coefficient (Wildman–Crippen LogP) is 4.26. The Morgan fingerprint density at radius 3 is 2.67 bits per heavy atom. The second-order valence-corrected chi connectivity index (χ2v) is 4.87. The number of anilines is 1. The monoisotopic (exact) mass is 235 g/mol. The van der Waals surface area contributed by atoms with E-state index >= 15 is 0 Å². The number of rotatable bonds is 3. The summed E-state index contributed by atoms with van der Waals surface area (Å²) < 4.78 is 0. The molecule has 3 rings (SSSR count). The molecule has 0 unspecified atom stereocenters. The number of benzene rings is 2. The van der Waals surface area contributed by atoms with E-state index in [2.05, 4.69) is 60.8 Å². The molecule has 0 spiro atoms. The molecule has 90 valence electrons. The van der Waals surface area contributed by atoms with Crippen molar-refractivity contribution in [2.45, 2.75) is 19.9 Å². The molecule has 0 bridgehead atoms. The number of hydrogen-bond acceptors (Lipinski definition) is 1. The summed E-state index contributed by atoms with van der Waals surface area (Å²) in [6, 6.07) is 16.9. The van der Waals surface area contributed by atoms with Crippen molar-refractivity contribution in [3.8, 4) is 0 Å². The van der Waals surface area contributed by atoms with Crippen LogP contribution in [0.5, 0.6) is 0 Å². The van der Waals surface area contributed by atoms with E-state index in [4.69, 9.17) is 0 Å². The van der Waals surface area contributed by atoms with E-state index in [0.717, 1.165) is 13.0 Å². The maximum absolute atomic E-state index is 3.48. The molecular weight excluding hydrogens is 218 g/mol. The van der Waals surface area contributed by atoms with E-state index in [1.807, 2.05) is 6.07 Å². The Hall–Kier alpha value is -2.02. The molecule has 0 saturated heterocycles. The first-order valence-corrected chi connectivity index (χ1v) is 6.40. The molecule has 0 saturated carbocycles. The van der Waals surface area contributed by atoms with Crippen LogP contribution in [0.15, 0.2) is 54.1 Å². The zero-order chi connectivity index (χ0) is 12.4. The maximum atomic E-state index is 3.48. The molecule has 2 aromatic carbocycles. The molecule has 0 aromatic heterocycles. The van der Waals surface area contributed by atoms with Crippen LogP contribution in [-0.4, -0.2) is 0 Å². The third-order valence-corrected chi connectivity index (χ3v) is 3.42. The van der Waals surface area contributed by atoms with Gasteiger partial charge in [-0.05, 0) is 42.2 Å². The second kappa shape index (κ2) is 4.69. The molecule has 0 radical (unpaired) electrons. The first kappa shape index (κ1) is 11.1. The molecule has 1 nitrogen and oxygen atoms in total. The van der Waals surface area contributed by atoms with Crippen molar-refractivity contribution in [1.82, 2.24) is 0 Å². The van der Waals surface area contributed by atoms with Crippen molar-refractivity contribution < 1.29 is 0 Å². The molecule has 0 atom stereocenters. The largest absolute Gasteiger partial charge is 0.381 e.